The topological polar surface area (TPSA) is 66.8 Å². The molecule has 4 heteroatoms. The highest BCUT2D eigenvalue weighted by Gasteiger charge is 2.20. The quantitative estimate of drug-likeness (QED) is 0.504. The summed E-state index contributed by atoms with van der Waals surface area (Å²) in [5.41, 5.74) is 0.242. The van der Waals surface area contributed by atoms with E-state index in [9.17, 15) is 4.79 Å². The minimum atomic E-state index is -0.607. The van der Waals surface area contributed by atoms with Crippen molar-refractivity contribution in [2.45, 2.75) is 13.3 Å². The van der Waals surface area contributed by atoms with Crippen molar-refractivity contribution in [1.82, 2.24) is 0 Å². The Balaban J connectivity index is 2.68. The van der Waals surface area contributed by atoms with Gasteiger partial charge in [-0.2, -0.15) is 0 Å². The normalized spacial score (nSPS) is 15.6. The predicted octanol–water partition coefficient (Wildman–Crippen LogP) is 1.72. The highest BCUT2D eigenvalue weighted by molar-refractivity contribution is 5.87. The summed E-state index contributed by atoms with van der Waals surface area (Å²) < 4.78 is 4.73. The maximum absolute atomic E-state index is 11.0. The zero-order chi connectivity index (χ0) is 10.0. The van der Waals surface area contributed by atoms with E-state index in [0.29, 0.717) is 0 Å². The smallest absolute Gasteiger partial charge is 0.338 e. The number of hydrogen-bond acceptors (Lipinski definition) is 4. The molecule has 0 unspecified atom stereocenters. The fourth-order valence-corrected chi connectivity index (χ4v) is 0.815. The van der Waals surface area contributed by atoms with Crippen LogP contribution in [0, 0.1) is 0 Å². The average molecular weight is 182 g/mol. The molecule has 1 rings (SSSR count). The van der Waals surface area contributed by atoms with Crippen molar-refractivity contribution in [3.8, 4) is 0 Å². The van der Waals surface area contributed by atoms with Crippen LogP contribution in [0.5, 0.6) is 0 Å². The van der Waals surface area contributed by atoms with Gasteiger partial charge in [-0.15, -0.1) is 0 Å². The van der Waals surface area contributed by atoms with Gasteiger partial charge in [0.1, 0.15) is 0 Å². The van der Waals surface area contributed by atoms with E-state index in [0.717, 1.165) is 0 Å². The first kappa shape index (κ1) is 9.38. The van der Waals surface area contributed by atoms with E-state index >= 15 is 0 Å². The molecule has 0 bridgehead atoms. The van der Waals surface area contributed by atoms with Crippen LogP contribution < -0.4 is 0 Å². The van der Waals surface area contributed by atoms with E-state index in [-0.39, 0.29) is 29.3 Å². The average Bonchev–Trinajstić information content (AvgIpc) is 2.36. The van der Waals surface area contributed by atoms with Crippen LogP contribution in [0.4, 0.5) is 0 Å². The molecule has 0 atom stereocenters. The minimum Gasteiger partial charge on any atom is -0.504 e. The monoisotopic (exact) mass is 182 g/mol. The number of allylic oxidation sites excluding steroid dienone is 1. The van der Waals surface area contributed by atoms with Gasteiger partial charge in [-0.1, -0.05) is 6.58 Å². The van der Waals surface area contributed by atoms with Gasteiger partial charge in [0.2, 0.25) is 0 Å². The molecule has 0 saturated heterocycles. The van der Waals surface area contributed by atoms with E-state index in [2.05, 4.69) is 6.58 Å². The van der Waals surface area contributed by atoms with Crippen LogP contribution in [0.1, 0.15) is 13.3 Å². The van der Waals surface area contributed by atoms with Crippen LogP contribution >= 0.6 is 0 Å². The Hall–Kier alpha value is -1.71. The summed E-state index contributed by atoms with van der Waals surface area (Å²) in [6.45, 7) is 4.89. The predicted molar refractivity (Wildman–Crippen MR) is 45.9 cm³/mol. The van der Waals surface area contributed by atoms with Crippen LogP contribution in [0.25, 0.3) is 0 Å². The summed E-state index contributed by atoms with van der Waals surface area (Å²) in [6.07, 6.45) is 1.58. The van der Waals surface area contributed by atoms with Gasteiger partial charge in [0.15, 0.2) is 17.3 Å². The van der Waals surface area contributed by atoms with Crippen LogP contribution in [0.2, 0.25) is 0 Å². The molecule has 0 amide bonds. The lowest BCUT2D eigenvalue weighted by molar-refractivity contribution is -0.135. The maximum Gasteiger partial charge on any atom is 0.338 e. The molecule has 13 heavy (non-hydrogen) atoms. The summed E-state index contributed by atoms with van der Waals surface area (Å²) in [5, 5.41) is 18.1. The number of ether oxygens (including phenoxy) is 1. The first-order valence-electron chi connectivity index (χ1n) is 3.71. The first-order valence-corrected chi connectivity index (χ1v) is 3.71. The van der Waals surface area contributed by atoms with Crippen molar-refractivity contribution in [3.05, 3.63) is 35.5 Å². The number of hydrogen-bond donors (Lipinski definition) is 2. The second-order valence-electron chi connectivity index (χ2n) is 2.74. The third-order valence-electron chi connectivity index (χ3n) is 1.55. The molecule has 0 heterocycles. The fourth-order valence-electron chi connectivity index (χ4n) is 0.815. The maximum atomic E-state index is 11.0. The van der Waals surface area contributed by atoms with Crippen molar-refractivity contribution in [3.63, 3.8) is 0 Å². The van der Waals surface area contributed by atoms with Crippen molar-refractivity contribution >= 4 is 5.97 Å². The minimum absolute atomic E-state index is 0.0606. The van der Waals surface area contributed by atoms with Gasteiger partial charge in [0.25, 0.3) is 0 Å². The number of aliphatic hydroxyl groups excluding tert-OH is 2. The van der Waals surface area contributed by atoms with Gasteiger partial charge in [-0.3, -0.25) is 0 Å². The van der Waals surface area contributed by atoms with Crippen molar-refractivity contribution in [1.29, 1.82) is 0 Å². The van der Waals surface area contributed by atoms with Gasteiger partial charge in [0, 0.05) is 12.0 Å². The Morgan fingerprint density at radius 2 is 2.23 bits per heavy atom. The summed E-state index contributed by atoms with van der Waals surface area (Å²) in [6, 6.07) is 0. The summed E-state index contributed by atoms with van der Waals surface area (Å²) in [5.74, 6) is -1.19. The molecule has 4 nitrogen and oxygen atoms in total. The van der Waals surface area contributed by atoms with Gasteiger partial charge in [0.05, 0.1) is 0 Å². The molecule has 1 aliphatic carbocycles. The number of rotatable bonds is 2. The SMILES string of the molecule is C=C(C)C(=O)OC1=C(O)C(O)=CC1. The molecule has 0 aromatic carbocycles. The zero-order valence-electron chi connectivity index (χ0n) is 7.20. The molecule has 0 radical (unpaired) electrons. The van der Waals surface area contributed by atoms with Crippen molar-refractivity contribution in [2.75, 3.05) is 0 Å². The van der Waals surface area contributed by atoms with Crippen LogP contribution in [-0.2, 0) is 9.53 Å². The van der Waals surface area contributed by atoms with Gasteiger partial charge < -0.3 is 14.9 Å². The second-order valence-corrected chi connectivity index (χ2v) is 2.74. The molecule has 1 aliphatic rings. The van der Waals surface area contributed by atoms with E-state index in [1.807, 2.05) is 0 Å². The molecule has 2 N–H and O–H groups in total. The lowest BCUT2D eigenvalue weighted by Gasteiger charge is -2.04. The highest BCUT2D eigenvalue weighted by atomic mass is 16.5. The molecule has 0 aliphatic heterocycles. The molecule has 0 spiro atoms. The Morgan fingerprint density at radius 1 is 1.62 bits per heavy atom. The van der Waals surface area contributed by atoms with Crippen molar-refractivity contribution < 1.29 is 19.7 Å². The number of aliphatic hydroxyl groups is 2. The Bertz CT molecular complexity index is 323. The van der Waals surface area contributed by atoms with Crippen LogP contribution in [0.15, 0.2) is 35.5 Å². The van der Waals surface area contributed by atoms with Crippen LogP contribution in [0.3, 0.4) is 0 Å². The summed E-state index contributed by atoms with van der Waals surface area (Å²) in [7, 11) is 0. The van der Waals surface area contributed by atoms with Gasteiger partial charge >= 0.3 is 5.97 Å². The third kappa shape index (κ3) is 1.90. The van der Waals surface area contributed by atoms with Gasteiger partial charge in [-0.25, -0.2) is 4.79 Å². The molecular weight excluding hydrogens is 172 g/mol. The van der Waals surface area contributed by atoms with E-state index in [1.54, 1.807) is 0 Å². The Morgan fingerprint density at radius 3 is 2.62 bits per heavy atom. The number of esters is 1. The van der Waals surface area contributed by atoms with Gasteiger partial charge in [-0.05, 0) is 13.0 Å². The van der Waals surface area contributed by atoms with E-state index in [1.165, 1.54) is 13.0 Å². The molecule has 70 valence electrons. The zero-order valence-corrected chi connectivity index (χ0v) is 7.20. The first-order chi connectivity index (χ1) is 6.02. The van der Waals surface area contributed by atoms with E-state index < -0.39 is 5.97 Å². The molecule has 0 saturated carbocycles. The number of carbonyl (C=O) groups is 1. The fraction of sp³-hybridized carbons (Fsp3) is 0.222. The molecule has 0 aromatic rings. The van der Waals surface area contributed by atoms with Crippen LogP contribution in [-0.4, -0.2) is 16.2 Å². The van der Waals surface area contributed by atoms with Crippen molar-refractivity contribution in [2.24, 2.45) is 0 Å². The lowest BCUT2D eigenvalue weighted by atomic mass is 10.3. The Labute approximate surface area is 75.4 Å². The largest absolute Gasteiger partial charge is 0.504 e. The molecule has 0 aromatic heterocycles. The second kappa shape index (κ2) is 3.35. The highest BCUT2D eigenvalue weighted by Crippen LogP contribution is 2.23. The summed E-state index contributed by atoms with van der Waals surface area (Å²) in [4.78, 5) is 11.0. The third-order valence-corrected chi connectivity index (χ3v) is 1.55. The lowest BCUT2D eigenvalue weighted by Crippen LogP contribution is -2.05. The summed E-state index contributed by atoms with van der Waals surface area (Å²) >= 11 is 0. The number of carbonyl (C=O) groups excluding carboxylic acids is 1. The Kier molecular flexibility index (Phi) is 2.41. The standard InChI is InChI=1S/C9H10O4/c1-5(2)9(12)13-7-4-3-6(10)8(7)11/h3,10-11H,1,4H2,2H3. The van der Waals surface area contributed by atoms with E-state index in [4.69, 9.17) is 14.9 Å². The molecule has 0 fully saturated rings. The molecular formula is C9H10O4.